The van der Waals surface area contributed by atoms with E-state index in [-0.39, 0.29) is 5.88 Å². The number of aromatic hydroxyl groups is 1. The van der Waals surface area contributed by atoms with Gasteiger partial charge in [0, 0.05) is 15.6 Å². The molecule has 4 nitrogen and oxygen atoms in total. The topological polar surface area (TPSA) is 50.4 Å². The minimum atomic E-state index is 0.172. The molecular weight excluding hydrogens is 318 g/mol. The van der Waals surface area contributed by atoms with Crippen LogP contribution in [0.2, 0.25) is 0 Å². The van der Waals surface area contributed by atoms with E-state index in [0.29, 0.717) is 11.3 Å². The van der Waals surface area contributed by atoms with Crippen LogP contribution in [0, 0.1) is 6.92 Å². The third-order valence-corrected chi connectivity index (χ3v) is 5.34. The highest BCUT2D eigenvalue weighted by molar-refractivity contribution is 7.17. The molecule has 0 radical (unpaired) electrons. The Labute approximate surface area is 141 Å². The number of fused-ring (bicyclic) bond motifs is 4. The molecule has 1 N–H and O–H groups in total. The maximum Gasteiger partial charge on any atom is 0.219 e. The number of hydrogen-bond acceptors (Lipinski definition) is 4. The largest absolute Gasteiger partial charge is 0.493 e. The van der Waals surface area contributed by atoms with Gasteiger partial charge in [0.1, 0.15) is 5.69 Å². The van der Waals surface area contributed by atoms with Crippen molar-refractivity contribution in [3.05, 3.63) is 59.7 Å². The molecular formula is C19H13N3OS. The Kier molecular flexibility index (Phi) is 2.69. The molecule has 0 saturated carbocycles. The van der Waals surface area contributed by atoms with Crippen molar-refractivity contribution in [3.63, 3.8) is 0 Å². The van der Waals surface area contributed by atoms with Gasteiger partial charge in [-0.3, -0.25) is 9.38 Å². The van der Waals surface area contributed by atoms with Crippen molar-refractivity contribution in [2.24, 2.45) is 0 Å². The molecule has 0 aliphatic rings. The first-order valence-corrected chi connectivity index (χ1v) is 8.54. The fourth-order valence-electron chi connectivity index (χ4n) is 3.18. The van der Waals surface area contributed by atoms with Crippen LogP contribution in [0.4, 0.5) is 0 Å². The van der Waals surface area contributed by atoms with E-state index in [1.54, 1.807) is 28.9 Å². The first-order valence-electron chi connectivity index (χ1n) is 7.66. The van der Waals surface area contributed by atoms with Crippen LogP contribution in [-0.2, 0) is 0 Å². The van der Waals surface area contributed by atoms with Gasteiger partial charge < -0.3 is 5.11 Å². The summed E-state index contributed by atoms with van der Waals surface area (Å²) >= 11 is 1.75. The van der Waals surface area contributed by atoms with E-state index in [0.717, 1.165) is 16.6 Å². The van der Waals surface area contributed by atoms with E-state index in [2.05, 4.69) is 51.7 Å². The van der Waals surface area contributed by atoms with Crippen molar-refractivity contribution >= 4 is 38.1 Å². The van der Waals surface area contributed by atoms with E-state index in [1.807, 2.05) is 6.07 Å². The van der Waals surface area contributed by atoms with Crippen LogP contribution in [0.5, 0.6) is 5.88 Å². The number of nitrogens with zero attached hydrogens (tertiary/aromatic N) is 3. The van der Waals surface area contributed by atoms with Crippen molar-refractivity contribution < 1.29 is 5.11 Å². The summed E-state index contributed by atoms with van der Waals surface area (Å²) in [5.41, 5.74) is 5.30. The number of aryl methyl sites for hydroxylation is 1. The second-order valence-corrected chi connectivity index (χ2v) is 6.73. The molecule has 3 aromatic heterocycles. The molecule has 0 amide bonds. The predicted octanol–water partition coefficient (Wildman–Crippen LogP) is 4.78. The number of benzene rings is 2. The molecule has 5 heteroatoms. The van der Waals surface area contributed by atoms with E-state index >= 15 is 0 Å². The van der Waals surface area contributed by atoms with Crippen LogP contribution in [0.25, 0.3) is 37.9 Å². The summed E-state index contributed by atoms with van der Waals surface area (Å²) in [6.45, 7) is 1.79. The molecule has 2 aromatic carbocycles. The predicted molar refractivity (Wildman–Crippen MR) is 97.7 cm³/mol. The number of thiophene rings is 1. The van der Waals surface area contributed by atoms with Crippen molar-refractivity contribution in [2.75, 3.05) is 0 Å². The zero-order chi connectivity index (χ0) is 16.3. The molecule has 0 atom stereocenters. The van der Waals surface area contributed by atoms with E-state index in [9.17, 15) is 5.11 Å². The van der Waals surface area contributed by atoms with E-state index in [1.165, 1.54) is 15.6 Å². The first-order chi connectivity index (χ1) is 11.7. The molecule has 116 valence electrons. The number of rotatable bonds is 1. The lowest BCUT2D eigenvalue weighted by atomic mass is 10.0. The molecule has 0 unspecified atom stereocenters. The van der Waals surface area contributed by atoms with Crippen molar-refractivity contribution in [2.45, 2.75) is 6.92 Å². The van der Waals surface area contributed by atoms with Crippen LogP contribution in [-0.4, -0.2) is 19.5 Å². The Balaban J connectivity index is 1.80. The van der Waals surface area contributed by atoms with Crippen molar-refractivity contribution in [1.29, 1.82) is 0 Å². The summed E-state index contributed by atoms with van der Waals surface area (Å²) in [4.78, 5) is 8.85. The Morgan fingerprint density at radius 3 is 2.92 bits per heavy atom. The van der Waals surface area contributed by atoms with Gasteiger partial charge in [-0.15, -0.1) is 11.3 Å². The zero-order valence-corrected chi connectivity index (χ0v) is 13.7. The third-order valence-electron chi connectivity index (χ3n) is 4.37. The summed E-state index contributed by atoms with van der Waals surface area (Å²) in [7, 11) is 0. The lowest BCUT2D eigenvalue weighted by Gasteiger charge is -2.05. The van der Waals surface area contributed by atoms with Gasteiger partial charge in [0.2, 0.25) is 5.88 Å². The van der Waals surface area contributed by atoms with Gasteiger partial charge in [-0.05, 0) is 36.1 Å². The quantitative estimate of drug-likeness (QED) is 0.481. The summed E-state index contributed by atoms with van der Waals surface area (Å²) in [6, 6.07) is 14.5. The van der Waals surface area contributed by atoms with Gasteiger partial charge in [0.05, 0.1) is 17.2 Å². The molecule has 0 aliphatic heterocycles. The normalized spacial score (nSPS) is 11.7. The summed E-state index contributed by atoms with van der Waals surface area (Å²) in [5, 5.41) is 13.7. The van der Waals surface area contributed by atoms with Gasteiger partial charge in [0.25, 0.3) is 0 Å². The number of imidazole rings is 1. The number of hydrogen-bond donors (Lipinski definition) is 1. The monoisotopic (exact) mass is 331 g/mol. The lowest BCUT2D eigenvalue weighted by molar-refractivity contribution is 0.446. The molecule has 0 saturated heterocycles. The number of aromatic nitrogens is 3. The van der Waals surface area contributed by atoms with Crippen LogP contribution in [0.1, 0.15) is 5.69 Å². The maximum absolute atomic E-state index is 10.3. The van der Waals surface area contributed by atoms with Crippen LogP contribution < -0.4 is 0 Å². The lowest BCUT2D eigenvalue weighted by Crippen LogP contribution is -1.91. The highest BCUT2D eigenvalue weighted by Gasteiger charge is 2.12. The average molecular weight is 331 g/mol. The molecule has 0 fully saturated rings. The molecule has 0 aliphatic carbocycles. The fraction of sp³-hybridized carbons (Fsp3) is 0.0526. The molecule has 5 rings (SSSR count). The molecule has 0 bridgehead atoms. The molecule has 24 heavy (non-hydrogen) atoms. The fourth-order valence-corrected chi connectivity index (χ4v) is 4.15. The van der Waals surface area contributed by atoms with E-state index in [4.69, 9.17) is 0 Å². The average Bonchev–Trinajstić information content (AvgIpc) is 3.16. The molecule has 0 spiro atoms. The smallest absolute Gasteiger partial charge is 0.219 e. The minimum Gasteiger partial charge on any atom is -0.493 e. The summed E-state index contributed by atoms with van der Waals surface area (Å²) in [6.07, 6.45) is 1.70. The molecule has 5 aromatic rings. The Morgan fingerprint density at radius 2 is 2.00 bits per heavy atom. The minimum absolute atomic E-state index is 0.172. The maximum atomic E-state index is 10.3. The highest BCUT2D eigenvalue weighted by atomic mass is 32.1. The van der Waals surface area contributed by atoms with Crippen molar-refractivity contribution in [3.8, 4) is 17.0 Å². The standard InChI is InChI=1S/C19H13N3OS/c1-11-19(23)22-16-7-6-12(8-15(16)20-9-18(22)21-11)14-10-24-17-5-3-2-4-13(14)17/h2-10,23H,1H3. The van der Waals surface area contributed by atoms with Gasteiger partial charge in [-0.1, -0.05) is 24.3 Å². The van der Waals surface area contributed by atoms with Gasteiger partial charge in [-0.2, -0.15) is 0 Å². The Morgan fingerprint density at radius 1 is 1.12 bits per heavy atom. The van der Waals surface area contributed by atoms with Crippen LogP contribution >= 0.6 is 11.3 Å². The van der Waals surface area contributed by atoms with Gasteiger partial charge >= 0.3 is 0 Å². The molecule has 3 heterocycles. The second-order valence-electron chi connectivity index (χ2n) is 5.82. The summed E-state index contributed by atoms with van der Waals surface area (Å²) in [5.74, 6) is 0.172. The second kappa shape index (κ2) is 4.79. The van der Waals surface area contributed by atoms with Gasteiger partial charge in [0.15, 0.2) is 5.65 Å². The van der Waals surface area contributed by atoms with E-state index < -0.39 is 0 Å². The van der Waals surface area contributed by atoms with Gasteiger partial charge in [-0.25, -0.2) is 4.98 Å². The SMILES string of the molecule is Cc1nc2cnc3cc(-c4csc5ccccc45)ccc3n2c1O. The summed E-state index contributed by atoms with van der Waals surface area (Å²) < 4.78 is 3.02. The van der Waals surface area contributed by atoms with Crippen LogP contribution in [0.3, 0.4) is 0 Å². The third kappa shape index (κ3) is 1.79. The Bertz CT molecular complexity index is 1240. The highest BCUT2D eigenvalue weighted by Crippen LogP contribution is 2.35. The Hall–Kier alpha value is -2.92. The zero-order valence-electron chi connectivity index (χ0n) is 12.9. The first kappa shape index (κ1) is 13.5. The van der Waals surface area contributed by atoms with Crippen molar-refractivity contribution in [1.82, 2.24) is 14.4 Å². The van der Waals surface area contributed by atoms with Crippen LogP contribution in [0.15, 0.2) is 54.0 Å².